The molecule has 34 heteroatoms. The van der Waals surface area contributed by atoms with Crippen molar-refractivity contribution >= 4 is 54.8 Å². The summed E-state index contributed by atoms with van der Waals surface area (Å²) >= 11 is 0. The molecule has 1 fully saturated rings. The van der Waals surface area contributed by atoms with Gasteiger partial charge in [0.25, 0.3) is 54.8 Å². The second-order valence-electron chi connectivity index (χ2n) is 6.76. The van der Waals surface area contributed by atoms with E-state index in [0.717, 1.165) is 0 Å². The lowest BCUT2D eigenvalue weighted by Gasteiger charge is -2.52. The van der Waals surface area contributed by atoms with Crippen LogP contribution in [-0.4, -0.2) is 66.0 Å². The van der Waals surface area contributed by atoms with E-state index in [4.69, 9.17) is 29.4 Å². The lowest BCUT2D eigenvalue weighted by atomic mass is 9.85. The van der Waals surface area contributed by atoms with Crippen molar-refractivity contribution in [3.63, 3.8) is 0 Å². The third-order valence-corrected chi connectivity index (χ3v) is 8.35. The van der Waals surface area contributed by atoms with Crippen molar-refractivity contribution in [2.24, 2.45) is 0 Å². The predicted molar refractivity (Wildman–Crippen MR) is 96.9 cm³/mol. The third-order valence-electron chi connectivity index (χ3n) is 3.67. The summed E-state index contributed by atoms with van der Waals surface area (Å²) in [6.45, 7) is 0. The number of hydrogen-bond acceptors (Lipinski definition) is 21. The molecule has 0 bridgehead atoms. The Morgan fingerprint density at radius 1 is 0.350 bits per heavy atom. The highest BCUT2D eigenvalue weighted by Crippen LogP contribution is 2.58. The summed E-state index contributed by atoms with van der Waals surface area (Å²) in [5.74, 6) is 0. The van der Waals surface area contributed by atoms with E-state index in [0.29, 0.717) is 0 Å². The normalized spacial score (nSPS) is 36.4. The Labute approximate surface area is 219 Å². The first kappa shape index (κ1) is 38.8. The SMILES string of the molecule is O=P([O-])(O)OC1[C@H](OP(=O)([O-])O)[C@H](OP(=O)([O-])O)C(OP(=O)([O-])OP(=O)([O-])O)[C@H](OP(=O)([O-])O)[C@H]1OP(=O)([O-])O. The lowest BCUT2D eigenvalue weighted by Crippen LogP contribution is -2.67. The number of phosphoric ester groups is 6. The predicted octanol–water partition coefficient (Wildman–Crippen LogP) is -7.44. The quantitative estimate of drug-likeness (QED) is 0.0903. The molecule has 0 aromatic rings. The van der Waals surface area contributed by atoms with Gasteiger partial charge in [0.2, 0.25) is 0 Å². The summed E-state index contributed by atoms with van der Waals surface area (Å²) in [4.78, 5) is 133. The van der Waals surface area contributed by atoms with Crippen LogP contribution in [0, 0.1) is 0 Å². The van der Waals surface area contributed by atoms with Gasteiger partial charge >= 0.3 is 0 Å². The van der Waals surface area contributed by atoms with Gasteiger partial charge in [-0.05, 0) is 0 Å². The molecular formula is C6H12O27P7-7. The topological polar surface area (TPSA) is 467 Å². The van der Waals surface area contributed by atoms with Crippen molar-refractivity contribution in [1.29, 1.82) is 0 Å². The second-order valence-corrected chi connectivity index (χ2v) is 15.2. The highest BCUT2D eigenvalue weighted by molar-refractivity contribution is 7.59. The van der Waals surface area contributed by atoms with Gasteiger partial charge in [-0.3, -0.25) is 32.0 Å². The minimum atomic E-state index is -6.82. The molecule has 240 valence electrons. The van der Waals surface area contributed by atoms with Gasteiger partial charge in [0.05, 0.1) is 0 Å². The monoisotopic (exact) mass is 733 g/mol. The van der Waals surface area contributed by atoms with Crippen molar-refractivity contribution in [2.45, 2.75) is 36.6 Å². The maximum Gasteiger partial charge on any atom is 0.274 e. The van der Waals surface area contributed by atoms with Gasteiger partial charge < -0.3 is 90.8 Å². The zero-order valence-corrected chi connectivity index (χ0v) is 24.1. The van der Waals surface area contributed by atoms with Crippen molar-refractivity contribution in [3.05, 3.63) is 0 Å². The van der Waals surface area contributed by atoms with Crippen LogP contribution in [0.3, 0.4) is 0 Å². The summed E-state index contributed by atoms with van der Waals surface area (Å²) in [6.07, 6.45) is -21.3. The molecule has 0 amide bonds. The van der Waals surface area contributed by atoms with Crippen LogP contribution in [0.4, 0.5) is 0 Å². The highest BCUT2D eigenvalue weighted by Gasteiger charge is 2.59. The smallest absolute Gasteiger partial charge is 0.274 e. The third kappa shape index (κ3) is 15.0. The van der Waals surface area contributed by atoms with Crippen LogP contribution in [0.2, 0.25) is 0 Å². The summed E-state index contributed by atoms with van der Waals surface area (Å²) in [5, 5.41) is 0. The molecule has 1 aliphatic rings. The van der Waals surface area contributed by atoms with Crippen molar-refractivity contribution < 1.29 is 127 Å². The molecule has 0 spiro atoms. The van der Waals surface area contributed by atoms with Gasteiger partial charge in [-0.1, -0.05) is 0 Å². The van der Waals surface area contributed by atoms with Gasteiger partial charge in [-0.15, -0.1) is 0 Å². The summed E-state index contributed by atoms with van der Waals surface area (Å²) in [5.41, 5.74) is 0. The van der Waals surface area contributed by atoms with Crippen LogP contribution in [0.25, 0.3) is 0 Å². The van der Waals surface area contributed by atoms with Crippen molar-refractivity contribution in [3.8, 4) is 0 Å². The fraction of sp³-hybridized carbons (Fsp3) is 1.00. The second kappa shape index (κ2) is 13.0. The fourth-order valence-electron chi connectivity index (χ4n) is 2.91. The Balaban J connectivity index is 4.13. The maximum atomic E-state index is 12.0. The average Bonchev–Trinajstić information content (AvgIpc) is 2.57. The van der Waals surface area contributed by atoms with Crippen LogP contribution in [0.15, 0.2) is 0 Å². The van der Waals surface area contributed by atoms with Crippen LogP contribution in [0.1, 0.15) is 0 Å². The van der Waals surface area contributed by atoms with Crippen LogP contribution >= 0.6 is 54.8 Å². The van der Waals surface area contributed by atoms with E-state index in [-0.39, 0.29) is 0 Å². The highest BCUT2D eigenvalue weighted by atomic mass is 31.3. The van der Waals surface area contributed by atoms with Crippen LogP contribution in [0.5, 0.6) is 0 Å². The van der Waals surface area contributed by atoms with Gasteiger partial charge in [0.1, 0.15) is 36.6 Å². The summed E-state index contributed by atoms with van der Waals surface area (Å²) < 4.78 is 106. The Hall–Kier alpha value is 0.810. The molecule has 27 nitrogen and oxygen atoms in total. The van der Waals surface area contributed by atoms with Gasteiger partial charge in [0, 0.05) is 0 Å². The summed E-state index contributed by atoms with van der Waals surface area (Å²) in [6, 6.07) is 0. The van der Waals surface area contributed by atoms with E-state index in [2.05, 4.69) is 31.5 Å². The molecule has 0 aromatic carbocycles. The molecule has 9 unspecified atom stereocenters. The standard InChI is InChI=1S/C6H19O27P7/c7-34(8,9)27-1-2(28-35(10,11)12)4(30-37(16,17)18)6(32-40(25,26)33-39(22,23)24)5(31-38(19,20)21)3(1)29-36(13,14)15/h1-6H,(H,25,26)(H2,7,8,9)(H2,10,11,12)(H2,13,14,15)(H2,16,17,18)(H2,19,20,21)(H2,22,23,24)/p-7/t1?,2-,3-,4-,5+,6?/m0/s1. The van der Waals surface area contributed by atoms with Gasteiger partial charge in [0.15, 0.2) is 0 Å². The molecule has 40 heavy (non-hydrogen) atoms. The average molecular weight is 733 g/mol. The molecule has 1 rings (SSSR count). The first-order valence-corrected chi connectivity index (χ1v) is 19.1. The van der Waals surface area contributed by atoms with E-state index in [9.17, 15) is 66.2 Å². The molecule has 0 aromatic heterocycles. The molecule has 13 atom stereocenters. The number of rotatable bonds is 14. The minimum absolute atomic E-state index is 3.09. The fourth-order valence-corrected chi connectivity index (χ4v) is 7.35. The number of phosphoric acid groups is 7. The van der Waals surface area contributed by atoms with Gasteiger partial charge in [-0.25, -0.2) is 4.31 Å². The molecule has 6 N–H and O–H groups in total. The first-order chi connectivity index (χ1) is 17.3. The zero-order valence-electron chi connectivity index (χ0n) is 17.9. The molecule has 0 aliphatic heterocycles. The maximum absolute atomic E-state index is 12.0. The van der Waals surface area contributed by atoms with Crippen molar-refractivity contribution in [2.75, 3.05) is 0 Å². The summed E-state index contributed by atoms with van der Waals surface area (Å²) in [7, 11) is -45.7. The van der Waals surface area contributed by atoms with E-state index < -0.39 is 91.4 Å². The Kier molecular flexibility index (Phi) is 12.7. The molecule has 0 radical (unpaired) electrons. The molecule has 0 heterocycles. The zero-order chi connectivity index (χ0) is 31.9. The number of hydrogen-bond donors (Lipinski definition) is 6. The molecule has 1 aliphatic carbocycles. The first-order valence-electron chi connectivity index (χ1n) is 8.63. The molecule has 1 saturated carbocycles. The van der Waals surface area contributed by atoms with Gasteiger partial charge in [-0.2, -0.15) is 0 Å². The molecule has 0 saturated heterocycles. The van der Waals surface area contributed by atoms with E-state index >= 15 is 0 Å². The van der Waals surface area contributed by atoms with Crippen LogP contribution < -0.4 is 34.3 Å². The van der Waals surface area contributed by atoms with E-state index in [1.807, 2.05) is 0 Å². The van der Waals surface area contributed by atoms with Crippen LogP contribution in [-0.2, 0) is 63.4 Å². The Morgan fingerprint density at radius 2 is 0.525 bits per heavy atom. The van der Waals surface area contributed by atoms with E-state index in [1.165, 1.54) is 0 Å². The Morgan fingerprint density at radius 3 is 0.675 bits per heavy atom. The minimum Gasteiger partial charge on any atom is -0.756 e. The molecular weight excluding hydrogens is 721 g/mol. The van der Waals surface area contributed by atoms with E-state index in [1.54, 1.807) is 0 Å². The largest absolute Gasteiger partial charge is 0.756 e. The van der Waals surface area contributed by atoms with Crippen molar-refractivity contribution in [1.82, 2.24) is 0 Å². The lowest BCUT2D eigenvalue weighted by molar-refractivity contribution is -0.297. The Bertz CT molecular complexity index is 1160.